The average molecular weight is 655 g/mol. The molecule has 2 aliphatic rings. The number of aromatic nitrogens is 5. The highest BCUT2D eigenvalue weighted by atomic mass is 79.9. The average Bonchev–Trinajstić information content (AvgIpc) is 3.44. The Morgan fingerprint density at radius 1 is 1.22 bits per heavy atom. The van der Waals surface area contributed by atoms with Crippen molar-refractivity contribution < 1.29 is 22.8 Å². The number of piperidine rings is 1. The van der Waals surface area contributed by atoms with Crippen LogP contribution < -0.4 is 5.69 Å². The zero-order valence-electron chi connectivity index (χ0n) is 21.5. The molecular weight excluding hydrogens is 631 g/mol. The maximum absolute atomic E-state index is 13.5. The minimum Gasteiger partial charge on any atom is -0.343 e. The van der Waals surface area contributed by atoms with Gasteiger partial charge < -0.3 is 9.80 Å². The molecule has 1 atom stereocenters. The number of aromatic amines is 2. The number of benzene rings is 1. The predicted molar refractivity (Wildman–Crippen MR) is 147 cm³/mol. The van der Waals surface area contributed by atoms with E-state index in [9.17, 15) is 27.6 Å². The van der Waals surface area contributed by atoms with E-state index < -0.39 is 24.5 Å². The van der Waals surface area contributed by atoms with Gasteiger partial charge in [-0.25, -0.2) is 9.78 Å². The highest BCUT2D eigenvalue weighted by Gasteiger charge is 2.40. The van der Waals surface area contributed by atoms with Crippen molar-refractivity contribution in [2.24, 2.45) is 5.92 Å². The second-order valence-corrected chi connectivity index (χ2v) is 11.7. The molecule has 1 fully saturated rings. The molecule has 0 spiro atoms. The van der Waals surface area contributed by atoms with E-state index in [2.05, 4.69) is 36.1 Å². The number of carbonyl (C=O) groups is 2. The number of imidazole rings is 1. The molecule has 4 aromatic rings. The molecule has 2 amide bonds. The van der Waals surface area contributed by atoms with E-state index in [0.717, 1.165) is 4.90 Å². The van der Waals surface area contributed by atoms with Crippen LogP contribution in [0, 0.1) is 5.92 Å². The number of alkyl halides is 3. The lowest BCUT2D eigenvalue weighted by molar-refractivity contribution is -0.165. The minimum absolute atomic E-state index is 0.0819. The summed E-state index contributed by atoms with van der Waals surface area (Å²) in [5, 5.41) is 7.31. The number of fused-ring (bicyclic) bond motifs is 4. The van der Waals surface area contributed by atoms with Crippen molar-refractivity contribution in [3.63, 3.8) is 0 Å². The first-order valence-electron chi connectivity index (χ1n) is 13.0. The molecule has 0 aliphatic carbocycles. The summed E-state index contributed by atoms with van der Waals surface area (Å²) in [6, 6.07) is 5.16. The molecule has 2 N–H and O–H groups in total. The molecule has 15 heteroatoms. The van der Waals surface area contributed by atoms with Crippen LogP contribution in [0.1, 0.15) is 36.4 Å². The van der Waals surface area contributed by atoms with Gasteiger partial charge >= 0.3 is 11.9 Å². The number of pyridine rings is 1. The molecule has 2 aliphatic heterocycles. The maximum Gasteiger partial charge on any atom is 0.406 e. The van der Waals surface area contributed by atoms with Gasteiger partial charge in [0.05, 0.1) is 17.0 Å². The molecule has 41 heavy (non-hydrogen) atoms. The molecule has 216 valence electrons. The van der Waals surface area contributed by atoms with Crippen LogP contribution in [0.4, 0.5) is 13.2 Å². The summed E-state index contributed by atoms with van der Waals surface area (Å²) in [5.41, 5.74) is 2.55. The molecule has 5 heterocycles. The third-order valence-electron chi connectivity index (χ3n) is 7.89. The van der Waals surface area contributed by atoms with Gasteiger partial charge in [-0.15, -0.1) is 0 Å². The highest BCUT2D eigenvalue weighted by Crippen LogP contribution is 2.38. The lowest BCUT2D eigenvalue weighted by Gasteiger charge is -2.33. The fourth-order valence-corrected chi connectivity index (χ4v) is 6.84. The number of hydrogen-bond acceptors (Lipinski definition) is 5. The third-order valence-corrected chi connectivity index (χ3v) is 8.79. The molecule has 10 nitrogen and oxygen atoms in total. The number of amides is 2. The van der Waals surface area contributed by atoms with E-state index in [1.54, 1.807) is 27.8 Å². The van der Waals surface area contributed by atoms with Crippen molar-refractivity contribution >= 4 is 61.4 Å². The second kappa shape index (κ2) is 10.5. The van der Waals surface area contributed by atoms with Crippen molar-refractivity contribution in [1.29, 1.82) is 0 Å². The Labute approximate surface area is 244 Å². The van der Waals surface area contributed by atoms with Crippen LogP contribution in [0.25, 0.3) is 22.1 Å². The zero-order valence-corrected chi connectivity index (χ0v) is 23.8. The van der Waals surface area contributed by atoms with Gasteiger partial charge in [-0.1, -0.05) is 11.6 Å². The summed E-state index contributed by atoms with van der Waals surface area (Å²) in [6.07, 6.45) is -2.15. The van der Waals surface area contributed by atoms with Crippen molar-refractivity contribution in [3.8, 4) is 0 Å². The third kappa shape index (κ3) is 5.23. The van der Waals surface area contributed by atoms with Crippen LogP contribution in [-0.4, -0.2) is 72.2 Å². The molecule has 1 saturated heterocycles. The number of carbonyl (C=O) groups excluding carboxylic acids is 2. The van der Waals surface area contributed by atoms with Gasteiger partial charge in [0, 0.05) is 48.2 Å². The molecular formula is C26H24BrClF3N7O3. The summed E-state index contributed by atoms with van der Waals surface area (Å²) in [5.74, 6) is -2.03. The molecule has 6 rings (SSSR count). The maximum atomic E-state index is 13.5. The summed E-state index contributed by atoms with van der Waals surface area (Å²) in [7, 11) is 0. The summed E-state index contributed by atoms with van der Waals surface area (Å²) in [6.45, 7) is -1.05. The number of H-pyrrole nitrogens is 2. The lowest BCUT2D eigenvalue weighted by atomic mass is 9.92. The predicted octanol–water partition coefficient (Wildman–Crippen LogP) is 4.33. The molecule has 0 saturated carbocycles. The van der Waals surface area contributed by atoms with Crippen LogP contribution in [0.5, 0.6) is 0 Å². The standard InChI is InChI=1S/C26H24BrClF3N7O3/c27-17-9-13-8-14(24(40)37(12-26(29,30)31)11-16(13)20-21(17)34-35-22(20)28)10-19(39)36-6-3-15(4-7-36)38-18-2-1-5-32-23(18)33-25(38)41/h1-2,5,9,14-15H,3-4,6-8,10-12H2,(H,34,35)(H,32,33,41)/t14-/m0/s1. The van der Waals surface area contributed by atoms with Crippen molar-refractivity contribution in [3.05, 3.63) is 55.6 Å². The van der Waals surface area contributed by atoms with E-state index in [-0.39, 0.29) is 42.2 Å². The smallest absolute Gasteiger partial charge is 0.343 e. The van der Waals surface area contributed by atoms with Gasteiger partial charge in [0.15, 0.2) is 10.8 Å². The van der Waals surface area contributed by atoms with E-state index in [4.69, 9.17) is 11.6 Å². The Hall–Kier alpha value is -3.39. The van der Waals surface area contributed by atoms with Crippen LogP contribution in [-0.2, 0) is 22.6 Å². The Balaban J connectivity index is 1.23. The Bertz CT molecular complexity index is 1720. The first-order chi connectivity index (χ1) is 19.5. The van der Waals surface area contributed by atoms with Gasteiger partial charge in [0.2, 0.25) is 11.8 Å². The fourth-order valence-electron chi connectivity index (χ4n) is 6.03. The van der Waals surface area contributed by atoms with Gasteiger partial charge in [0.1, 0.15) is 6.54 Å². The molecule has 1 aromatic carbocycles. The molecule has 3 aromatic heterocycles. The fraction of sp³-hybridized carbons (Fsp3) is 0.423. The number of nitrogens with zero attached hydrogens (tertiary/aromatic N) is 5. The summed E-state index contributed by atoms with van der Waals surface area (Å²) < 4.78 is 42.8. The number of likely N-dealkylation sites (tertiary alicyclic amines) is 1. The van der Waals surface area contributed by atoms with E-state index in [1.807, 2.05) is 6.07 Å². The van der Waals surface area contributed by atoms with E-state index in [0.29, 0.717) is 63.6 Å². The molecule has 0 radical (unpaired) electrons. The van der Waals surface area contributed by atoms with Crippen LogP contribution in [0.3, 0.4) is 0 Å². The topological polar surface area (TPSA) is 120 Å². The van der Waals surface area contributed by atoms with E-state index in [1.165, 1.54) is 0 Å². The normalized spacial score (nSPS) is 18.8. The van der Waals surface area contributed by atoms with Gasteiger partial charge in [-0.3, -0.25) is 24.2 Å². The SMILES string of the molecule is O=C(C[C@@H]1Cc2cc(Br)c3[nH]nc(Cl)c3c2CN(CC(F)(F)F)C1=O)N1CCC(n2c(=O)[nH]c3ncccc32)CC1. The Morgan fingerprint density at radius 2 is 1.98 bits per heavy atom. The van der Waals surface area contributed by atoms with Crippen LogP contribution in [0.2, 0.25) is 5.15 Å². The van der Waals surface area contributed by atoms with Crippen LogP contribution in [0.15, 0.2) is 33.7 Å². The van der Waals surface area contributed by atoms with E-state index >= 15 is 0 Å². The Morgan fingerprint density at radius 3 is 2.71 bits per heavy atom. The number of rotatable bonds is 4. The van der Waals surface area contributed by atoms with Gasteiger partial charge in [-0.05, 0) is 64.5 Å². The first-order valence-corrected chi connectivity index (χ1v) is 14.2. The minimum atomic E-state index is -4.62. The lowest BCUT2D eigenvalue weighted by Crippen LogP contribution is -2.44. The second-order valence-electron chi connectivity index (χ2n) is 10.5. The van der Waals surface area contributed by atoms with Crippen molar-refractivity contribution in [2.45, 2.75) is 44.4 Å². The Kier molecular flexibility index (Phi) is 7.09. The van der Waals surface area contributed by atoms with Crippen molar-refractivity contribution in [1.82, 2.24) is 34.5 Å². The summed E-state index contributed by atoms with van der Waals surface area (Å²) >= 11 is 9.74. The molecule has 0 bridgehead atoms. The monoisotopic (exact) mass is 653 g/mol. The molecule has 0 unspecified atom stereocenters. The van der Waals surface area contributed by atoms with Crippen molar-refractivity contribution in [2.75, 3.05) is 19.6 Å². The largest absolute Gasteiger partial charge is 0.406 e. The summed E-state index contributed by atoms with van der Waals surface area (Å²) in [4.78, 5) is 48.7. The number of hydrogen-bond donors (Lipinski definition) is 2. The number of halogens is 5. The van der Waals surface area contributed by atoms with Gasteiger partial charge in [-0.2, -0.15) is 18.3 Å². The zero-order chi connectivity index (χ0) is 29.1. The quantitative estimate of drug-likeness (QED) is 0.340. The highest BCUT2D eigenvalue weighted by molar-refractivity contribution is 9.10. The first kappa shape index (κ1) is 27.8. The van der Waals surface area contributed by atoms with Gasteiger partial charge in [0.25, 0.3) is 0 Å². The number of nitrogens with one attached hydrogen (secondary N) is 2. The van der Waals surface area contributed by atoms with Crippen LogP contribution >= 0.6 is 27.5 Å².